The third kappa shape index (κ3) is 2.76. The number of ether oxygens (including phenoxy) is 2. The third-order valence-electron chi connectivity index (χ3n) is 5.62. The fourth-order valence-electron chi connectivity index (χ4n) is 3.86. The summed E-state index contributed by atoms with van der Waals surface area (Å²) in [4.78, 5) is 18.5. The van der Waals surface area contributed by atoms with Crippen LogP contribution in [0.15, 0.2) is 35.1 Å². The molecule has 2 aromatic heterocycles. The van der Waals surface area contributed by atoms with Gasteiger partial charge < -0.3 is 18.9 Å². The van der Waals surface area contributed by atoms with Gasteiger partial charge in [0.05, 0.1) is 25.9 Å². The maximum absolute atomic E-state index is 12.6. The van der Waals surface area contributed by atoms with Crippen LogP contribution in [0.1, 0.15) is 41.4 Å². The van der Waals surface area contributed by atoms with Gasteiger partial charge in [0.15, 0.2) is 5.69 Å². The molecule has 4 heterocycles. The monoisotopic (exact) mass is 355 g/mol. The van der Waals surface area contributed by atoms with Crippen molar-refractivity contribution in [2.75, 3.05) is 26.3 Å². The Bertz CT molecular complexity index is 796. The van der Waals surface area contributed by atoms with Gasteiger partial charge in [-0.05, 0) is 31.4 Å². The molecule has 0 N–H and O–H groups in total. The molecule has 1 saturated carbocycles. The Hall–Kier alpha value is -2.41. The summed E-state index contributed by atoms with van der Waals surface area (Å²) in [6.45, 7) is 2.44. The van der Waals surface area contributed by atoms with E-state index in [1.165, 1.54) is 0 Å². The highest BCUT2D eigenvalue weighted by Crippen LogP contribution is 2.42. The molecule has 0 unspecified atom stereocenters. The lowest BCUT2D eigenvalue weighted by Gasteiger charge is -2.49. The highest BCUT2D eigenvalue weighted by molar-refractivity contribution is 5.93. The molecular formula is C19H21N3O4. The summed E-state index contributed by atoms with van der Waals surface area (Å²) in [6, 6.07) is 5.55. The van der Waals surface area contributed by atoms with Crippen LogP contribution >= 0.6 is 0 Å². The number of hydrogen-bond donors (Lipinski definition) is 0. The van der Waals surface area contributed by atoms with Crippen LogP contribution < -0.4 is 4.74 Å². The molecule has 5 rings (SSSR count). The molecule has 0 aromatic carbocycles. The summed E-state index contributed by atoms with van der Waals surface area (Å²) in [5.41, 5.74) is 0.115. The molecule has 1 amide bonds. The number of aromatic nitrogens is 2. The molecule has 2 aliphatic heterocycles. The second kappa shape index (κ2) is 6.09. The van der Waals surface area contributed by atoms with Crippen molar-refractivity contribution < 1.29 is 18.8 Å². The van der Waals surface area contributed by atoms with E-state index in [2.05, 4.69) is 10.1 Å². The van der Waals surface area contributed by atoms with Crippen molar-refractivity contribution in [2.45, 2.75) is 30.8 Å². The van der Waals surface area contributed by atoms with E-state index in [9.17, 15) is 4.79 Å². The van der Waals surface area contributed by atoms with Gasteiger partial charge in [-0.25, -0.2) is 0 Å². The summed E-state index contributed by atoms with van der Waals surface area (Å²) >= 11 is 0. The Labute approximate surface area is 151 Å². The van der Waals surface area contributed by atoms with Crippen LogP contribution in [0.2, 0.25) is 0 Å². The molecule has 2 aromatic rings. The Morgan fingerprint density at radius 1 is 1.35 bits per heavy atom. The zero-order valence-electron chi connectivity index (χ0n) is 14.5. The minimum Gasteiger partial charge on any atom is -0.492 e. The molecule has 1 atom stereocenters. The van der Waals surface area contributed by atoms with Crippen LogP contribution in [0.25, 0.3) is 0 Å². The zero-order valence-corrected chi connectivity index (χ0v) is 14.5. The van der Waals surface area contributed by atoms with E-state index in [-0.39, 0.29) is 17.4 Å². The molecule has 26 heavy (non-hydrogen) atoms. The highest BCUT2D eigenvalue weighted by atomic mass is 16.5. The minimum absolute atomic E-state index is 0.0753. The Kier molecular flexibility index (Phi) is 3.70. The average Bonchev–Trinajstić information content (AvgIpc) is 3.21. The number of carbonyl (C=O) groups is 1. The number of nitrogens with zero attached hydrogens (tertiary/aromatic N) is 3. The van der Waals surface area contributed by atoms with Gasteiger partial charge in [-0.1, -0.05) is 5.16 Å². The molecule has 0 radical (unpaired) electrons. The van der Waals surface area contributed by atoms with Crippen molar-refractivity contribution in [1.29, 1.82) is 0 Å². The first kappa shape index (κ1) is 15.8. The molecule has 136 valence electrons. The van der Waals surface area contributed by atoms with Crippen LogP contribution in [-0.4, -0.2) is 52.9 Å². The smallest absolute Gasteiger partial charge is 0.276 e. The zero-order chi connectivity index (χ0) is 17.6. The van der Waals surface area contributed by atoms with Crippen LogP contribution in [0.3, 0.4) is 0 Å². The predicted molar refractivity (Wildman–Crippen MR) is 90.9 cm³/mol. The minimum atomic E-state index is -0.291. The van der Waals surface area contributed by atoms with Gasteiger partial charge in [0.1, 0.15) is 17.1 Å². The SMILES string of the molecule is O=C(c1cc(C2CC2)on1)N1CC2(C1)OCC[C@H]2COc1cccnc1. The normalized spacial score (nSPS) is 23.8. The number of pyridine rings is 1. The van der Waals surface area contributed by atoms with Crippen molar-refractivity contribution >= 4 is 5.91 Å². The third-order valence-corrected chi connectivity index (χ3v) is 5.62. The van der Waals surface area contributed by atoms with Crippen molar-refractivity contribution in [1.82, 2.24) is 15.0 Å². The number of rotatable bonds is 5. The van der Waals surface area contributed by atoms with E-state index >= 15 is 0 Å². The lowest BCUT2D eigenvalue weighted by Crippen LogP contribution is -2.66. The summed E-state index contributed by atoms with van der Waals surface area (Å²) in [5.74, 6) is 2.25. The van der Waals surface area contributed by atoms with Crippen molar-refractivity contribution in [3.8, 4) is 5.75 Å². The van der Waals surface area contributed by atoms with Gasteiger partial charge in [-0.3, -0.25) is 9.78 Å². The Morgan fingerprint density at radius 2 is 2.23 bits per heavy atom. The van der Waals surface area contributed by atoms with E-state index in [0.29, 0.717) is 37.9 Å². The molecule has 1 aliphatic carbocycles. The van der Waals surface area contributed by atoms with Crippen LogP contribution in [0.4, 0.5) is 0 Å². The fraction of sp³-hybridized carbons (Fsp3) is 0.526. The molecule has 3 fully saturated rings. The van der Waals surface area contributed by atoms with Crippen molar-refractivity contribution in [3.63, 3.8) is 0 Å². The van der Waals surface area contributed by atoms with E-state index in [1.54, 1.807) is 23.4 Å². The second-order valence-electron chi connectivity index (χ2n) is 7.45. The van der Waals surface area contributed by atoms with E-state index in [0.717, 1.165) is 30.8 Å². The summed E-state index contributed by atoms with van der Waals surface area (Å²) in [7, 11) is 0. The van der Waals surface area contributed by atoms with Gasteiger partial charge >= 0.3 is 0 Å². The molecule has 1 spiro atoms. The summed E-state index contributed by atoms with van der Waals surface area (Å²) in [6.07, 6.45) is 6.63. The van der Waals surface area contributed by atoms with Gasteiger partial charge in [0.25, 0.3) is 5.91 Å². The molecule has 7 nitrogen and oxygen atoms in total. The Balaban J connectivity index is 1.20. The van der Waals surface area contributed by atoms with Crippen LogP contribution in [0, 0.1) is 5.92 Å². The summed E-state index contributed by atoms with van der Waals surface area (Å²) < 4.78 is 17.2. The maximum Gasteiger partial charge on any atom is 0.276 e. The molecule has 0 bridgehead atoms. The van der Waals surface area contributed by atoms with Crippen LogP contribution in [0.5, 0.6) is 5.75 Å². The lowest BCUT2D eigenvalue weighted by atomic mass is 9.81. The standard InChI is InChI=1S/C19H21N3O4/c23-18(16-8-17(26-21-16)13-3-4-13)22-11-19(12-22)14(5-7-25-19)10-24-15-2-1-6-20-9-15/h1-2,6,8-9,13-14H,3-5,7,10-12H2/t14-/m0/s1. The van der Waals surface area contributed by atoms with Crippen molar-refractivity contribution in [3.05, 3.63) is 42.0 Å². The fourth-order valence-corrected chi connectivity index (χ4v) is 3.86. The first-order chi connectivity index (χ1) is 12.7. The topological polar surface area (TPSA) is 77.7 Å². The van der Waals surface area contributed by atoms with E-state index in [4.69, 9.17) is 14.0 Å². The second-order valence-corrected chi connectivity index (χ2v) is 7.45. The average molecular weight is 355 g/mol. The molecule has 7 heteroatoms. The first-order valence-electron chi connectivity index (χ1n) is 9.16. The molecular weight excluding hydrogens is 334 g/mol. The van der Waals surface area contributed by atoms with Gasteiger partial charge in [-0.15, -0.1) is 0 Å². The quantitative estimate of drug-likeness (QED) is 0.819. The van der Waals surface area contributed by atoms with Gasteiger partial charge in [0.2, 0.25) is 0 Å². The highest BCUT2D eigenvalue weighted by Gasteiger charge is 2.55. The first-order valence-corrected chi connectivity index (χ1v) is 9.16. The van der Waals surface area contributed by atoms with Crippen molar-refractivity contribution in [2.24, 2.45) is 5.92 Å². The van der Waals surface area contributed by atoms with E-state index < -0.39 is 0 Å². The predicted octanol–water partition coefficient (Wildman–Crippen LogP) is 2.26. The number of amides is 1. The van der Waals surface area contributed by atoms with E-state index in [1.807, 2.05) is 12.1 Å². The number of likely N-dealkylation sites (tertiary alicyclic amines) is 1. The van der Waals surface area contributed by atoms with Crippen LogP contribution in [-0.2, 0) is 4.74 Å². The Morgan fingerprint density at radius 3 is 3.00 bits per heavy atom. The largest absolute Gasteiger partial charge is 0.492 e. The number of hydrogen-bond acceptors (Lipinski definition) is 6. The van der Waals surface area contributed by atoms with Gasteiger partial charge in [0, 0.05) is 30.7 Å². The lowest BCUT2D eigenvalue weighted by molar-refractivity contribution is -0.122. The summed E-state index contributed by atoms with van der Waals surface area (Å²) in [5, 5.41) is 3.95. The molecule has 3 aliphatic rings. The molecule has 2 saturated heterocycles. The maximum atomic E-state index is 12.6. The van der Waals surface area contributed by atoms with Gasteiger partial charge in [-0.2, -0.15) is 0 Å². The number of carbonyl (C=O) groups excluding carboxylic acids is 1.